The zero-order valence-electron chi connectivity index (χ0n) is 9.89. The zero-order valence-corrected chi connectivity index (χ0v) is 10.6. The summed E-state index contributed by atoms with van der Waals surface area (Å²) in [7, 11) is 0. The number of benzene rings is 1. The molecule has 1 aromatic heterocycles. The van der Waals surface area contributed by atoms with Crippen LogP contribution >= 0.6 is 11.6 Å². The smallest absolute Gasteiger partial charge is 0.330 e. The molecule has 2 aromatic rings. The number of fused-ring (bicyclic) bond motifs is 1. The molecule has 2 rings (SSSR count). The normalized spacial score (nSPS) is 11.0. The van der Waals surface area contributed by atoms with Crippen molar-refractivity contribution in [3.8, 4) is 0 Å². The number of aromatic nitrogens is 1. The second-order valence-corrected chi connectivity index (χ2v) is 4.07. The largest absolute Gasteiger partial charge is 0.463 e. The van der Waals surface area contributed by atoms with E-state index in [2.05, 4.69) is 4.98 Å². The van der Waals surface area contributed by atoms with Gasteiger partial charge in [-0.1, -0.05) is 11.6 Å². The SMILES string of the molecule is CCOC(=O)/C=C/c1cc(Cl)c2cccnc2c1. The highest BCUT2D eigenvalue weighted by atomic mass is 35.5. The van der Waals surface area contributed by atoms with Crippen molar-refractivity contribution < 1.29 is 9.53 Å². The molecule has 1 heterocycles. The fraction of sp³-hybridized carbons (Fsp3) is 0.143. The molecule has 0 fully saturated rings. The van der Waals surface area contributed by atoms with Gasteiger partial charge in [-0.15, -0.1) is 0 Å². The molecule has 92 valence electrons. The molecule has 0 amide bonds. The maximum Gasteiger partial charge on any atom is 0.330 e. The van der Waals surface area contributed by atoms with Crippen LogP contribution in [0.5, 0.6) is 0 Å². The summed E-state index contributed by atoms with van der Waals surface area (Å²) in [6.07, 6.45) is 4.75. The van der Waals surface area contributed by atoms with Gasteiger partial charge in [-0.3, -0.25) is 4.98 Å². The molecule has 0 N–H and O–H groups in total. The molecule has 0 radical (unpaired) electrons. The van der Waals surface area contributed by atoms with Crippen molar-refractivity contribution in [3.63, 3.8) is 0 Å². The van der Waals surface area contributed by atoms with Crippen LogP contribution < -0.4 is 0 Å². The number of nitrogens with zero attached hydrogens (tertiary/aromatic N) is 1. The second kappa shape index (κ2) is 5.65. The van der Waals surface area contributed by atoms with Crippen molar-refractivity contribution in [2.24, 2.45) is 0 Å². The zero-order chi connectivity index (χ0) is 13.0. The van der Waals surface area contributed by atoms with Crippen LogP contribution in [0.4, 0.5) is 0 Å². The molecular weight excluding hydrogens is 250 g/mol. The van der Waals surface area contributed by atoms with E-state index < -0.39 is 0 Å². The minimum Gasteiger partial charge on any atom is -0.463 e. The Balaban J connectivity index is 2.32. The summed E-state index contributed by atoms with van der Waals surface area (Å²) in [5.74, 6) is -0.366. The topological polar surface area (TPSA) is 39.2 Å². The molecule has 0 bridgehead atoms. The minimum atomic E-state index is -0.366. The first kappa shape index (κ1) is 12.6. The van der Waals surface area contributed by atoms with Gasteiger partial charge < -0.3 is 4.74 Å². The van der Waals surface area contributed by atoms with Gasteiger partial charge in [0.25, 0.3) is 0 Å². The van der Waals surface area contributed by atoms with Gasteiger partial charge in [-0.2, -0.15) is 0 Å². The van der Waals surface area contributed by atoms with E-state index in [9.17, 15) is 4.79 Å². The second-order valence-electron chi connectivity index (χ2n) is 3.66. The molecule has 0 saturated heterocycles. The van der Waals surface area contributed by atoms with Gasteiger partial charge in [0.1, 0.15) is 0 Å². The fourth-order valence-electron chi connectivity index (χ4n) is 1.61. The maximum absolute atomic E-state index is 11.2. The number of esters is 1. The lowest BCUT2D eigenvalue weighted by atomic mass is 10.1. The third-order valence-corrected chi connectivity index (χ3v) is 2.70. The summed E-state index contributed by atoms with van der Waals surface area (Å²) >= 11 is 6.15. The van der Waals surface area contributed by atoms with Crippen LogP contribution in [-0.2, 0) is 9.53 Å². The average Bonchev–Trinajstić information content (AvgIpc) is 2.37. The lowest BCUT2D eigenvalue weighted by Gasteiger charge is -2.01. The van der Waals surface area contributed by atoms with Gasteiger partial charge in [0.2, 0.25) is 0 Å². The van der Waals surface area contributed by atoms with E-state index in [4.69, 9.17) is 16.3 Å². The quantitative estimate of drug-likeness (QED) is 0.627. The van der Waals surface area contributed by atoms with E-state index in [1.807, 2.05) is 18.2 Å². The molecule has 0 atom stereocenters. The molecule has 0 aliphatic carbocycles. The highest BCUT2D eigenvalue weighted by molar-refractivity contribution is 6.35. The molecule has 0 unspecified atom stereocenters. The van der Waals surface area contributed by atoms with Gasteiger partial charge in [-0.05, 0) is 42.8 Å². The third kappa shape index (κ3) is 2.87. The lowest BCUT2D eigenvalue weighted by Crippen LogP contribution is -1.98. The molecule has 0 spiro atoms. The van der Waals surface area contributed by atoms with Crippen LogP contribution in [0, 0.1) is 0 Å². The molecular formula is C14H12ClNO2. The molecule has 0 aliphatic heterocycles. The van der Waals surface area contributed by atoms with E-state index in [1.165, 1.54) is 6.08 Å². The van der Waals surface area contributed by atoms with Crippen molar-refractivity contribution >= 4 is 34.5 Å². The Kier molecular flexibility index (Phi) is 3.95. The molecule has 3 nitrogen and oxygen atoms in total. The molecule has 1 aromatic carbocycles. The summed E-state index contributed by atoms with van der Waals surface area (Å²) in [6.45, 7) is 2.13. The third-order valence-electron chi connectivity index (χ3n) is 2.39. The van der Waals surface area contributed by atoms with Gasteiger partial charge in [0.15, 0.2) is 0 Å². The Morgan fingerprint density at radius 3 is 3.11 bits per heavy atom. The Hall–Kier alpha value is -1.87. The predicted molar refractivity (Wildman–Crippen MR) is 72.4 cm³/mol. The van der Waals surface area contributed by atoms with Crippen molar-refractivity contribution in [2.75, 3.05) is 6.61 Å². The molecule has 4 heteroatoms. The Morgan fingerprint density at radius 2 is 2.33 bits per heavy atom. The Labute approximate surface area is 110 Å². The van der Waals surface area contributed by atoms with Crippen LogP contribution in [0.3, 0.4) is 0 Å². The number of halogens is 1. The highest BCUT2D eigenvalue weighted by Gasteiger charge is 2.01. The van der Waals surface area contributed by atoms with Gasteiger partial charge in [0.05, 0.1) is 17.1 Å². The van der Waals surface area contributed by atoms with E-state index in [1.54, 1.807) is 25.3 Å². The van der Waals surface area contributed by atoms with Gasteiger partial charge >= 0.3 is 5.97 Å². The van der Waals surface area contributed by atoms with Gasteiger partial charge in [-0.25, -0.2) is 4.79 Å². The number of pyridine rings is 1. The van der Waals surface area contributed by atoms with Crippen LogP contribution in [0.15, 0.2) is 36.5 Å². The van der Waals surface area contributed by atoms with Crippen LogP contribution in [-0.4, -0.2) is 17.6 Å². The van der Waals surface area contributed by atoms with E-state index >= 15 is 0 Å². The van der Waals surface area contributed by atoms with Crippen molar-refractivity contribution in [1.29, 1.82) is 0 Å². The number of ether oxygens (including phenoxy) is 1. The highest BCUT2D eigenvalue weighted by Crippen LogP contribution is 2.24. The fourth-order valence-corrected chi connectivity index (χ4v) is 1.89. The molecule has 0 aliphatic rings. The van der Waals surface area contributed by atoms with Crippen LogP contribution in [0.2, 0.25) is 5.02 Å². The van der Waals surface area contributed by atoms with Crippen molar-refractivity contribution in [1.82, 2.24) is 4.98 Å². The first-order valence-corrected chi connectivity index (χ1v) is 5.97. The number of carbonyl (C=O) groups excluding carboxylic acids is 1. The van der Waals surface area contributed by atoms with E-state index in [0.717, 1.165) is 16.5 Å². The maximum atomic E-state index is 11.2. The summed E-state index contributed by atoms with van der Waals surface area (Å²) in [4.78, 5) is 15.4. The number of carbonyl (C=O) groups is 1. The Morgan fingerprint density at radius 1 is 1.50 bits per heavy atom. The summed E-state index contributed by atoms with van der Waals surface area (Å²) in [5.41, 5.74) is 1.62. The average molecular weight is 262 g/mol. The first-order valence-electron chi connectivity index (χ1n) is 5.60. The van der Waals surface area contributed by atoms with Crippen LogP contribution in [0.25, 0.3) is 17.0 Å². The van der Waals surface area contributed by atoms with Crippen molar-refractivity contribution in [2.45, 2.75) is 6.92 Å². The Bertz CT molecular complexity index is 608. The monoisotopic (exact) mass is 261 g/mol. The number of rotatable bonds is 3. The van der Waals surface area contributed by atoms with E-state index in [-0.39, 0.29) is 5.97 Å². The van der Waals surface area contributed by atoms with Gasteiger partial charge in [0, 0.05) is 17.7 Å². The molecule has 18 heavy (non-hydrogen) atoms. The van der Waals surface area contributed by atoms with Crippen LogP contribution in [0.1, 0.15) is 12.5 Å². The van der Waals surface area contributed by atoms with E-state index in [0.29, 0.717) is 11.6 Å². The number of hydrogen-bond donors (Lipinski definition) is 0. The van der Waals surface area contributed by atoms with Crippen molar-refractivity contribution in [3.05, 3.63) is 47.1 Å². The first-order chi connectivity index (χ1) is 8.70. The number of hydrogen-bond acceptors (Lipinski definition) is 3. The summed E-state index contributed by atoms with van der Waals surface area (Å²) < 4.78 is 4.81. The standard InChI is InChI=1S/C14H12ClNO2/c1-2-18-14(17)6-5-10-8-12(15)11-4-3-7-16-13(11)9-10/h3-9H,2H2,1H3/b6-5+. The summed E-state index contributed by atoms with van der Waals surface area (Å²) in [5, 5.41) is 1.51. The summed E-state index contributed by atoms with van der Waals surface area (Å²) in [6, 6.07) is 7.41. The molecule has 0 saturated carbocycles. The lowest BCUT2D eigenvalue weighted by molar-refractivity contribution is -0.137. The minimum absolute atomic E-state index is 0.364. The predicted octanol–water partition coefficient (Wildman–Crippen LogP) is 3.46.